The summed E-state index contributed by atoms with van der Waals surface area (Å²) in [5, 5.41) is 11.9. The molecule has 0 amide bonds. The average Bonchev–Trinajstić information content (AvgIpc) is 2.26. The number of nitrogens with one attached hydrogen (secondary N) is 1. The van der Waals surface area contributed by atoms with E-state index in [1.807, 2.05) is 6.07 Å². The largest absolute Gasteiger partial charge is 0.495 e. The van der Waals surface area contributed by atoms with Crippen LogP contribution in [0.1, 0.15) is 18.9 Å². The van der Waals surface area contributed by atoms with Gasteiger partial charge >= 0.3 is 0 Å². The van der Waals surface area contributed by atoms with Gasteiger partial charge in [-0.3, -0.25) is 0 Å². The van der Waals surface area contributed by atoms with E-state index in [9.17, 15) is 0 Å². The molecule has 1 aromatic carbocycles. The van der Waals surface area contributed by atoms with Crippen LogP contribution in [0.2, 0.25) is 0 Å². The zero-order chi connectivity index (χ0) is 10.4. The van der Waals surface area contributed by atoms with Crippen molar-refractivity contribution in [3.05, 3.63) is 23.8 Å². The van der Waals surface area contributed by atoms with E-state index in [0.29, 0.717) is 5.56 Å². The third-order valence-electron chi connectivity index (χ3n) is 1.90. The molecule has 0 aliphatic carbocycles. The molecule has 0 spiro atoms. The van der Waals surface area contributed by atoms with Crippen molar-refractivity contribution in [2.75, 3.05) is 19.0 Å². The van der Waals surface area contributed by atoms with Gasteiger partial charge in [-0.1, -0.05) is 6.92 Å². The first-order valence-electron chi connectivity index (χ1n) is 4.63. The molecule has 0 unspecified atom stereocenters. The number of nitrogens with zero attached hydrogens (tertiary/aromatic N) is 1. The first-order valence-corrected chi connectivity index (χ1v) is 4.63. The molecule has 0 fully saturated rings. The van der Waals surface area contributed by atoms with Gasteiger partial charge in [-0.05, 0) is 18.6 Å². The minimum atomic E-state index is 0.615. The van der Waals surface area contributed by atoms with Crippen LogP contribution >= 0.6 is 0 Å². The van der Waals surface area contributed by atoms with Crippen molar-refractivity contribution >= 4 is 5.69 Å². The lowest BCUT2D eigenvalue weighted by Gasteiger charge is -2.10. The van der Waals surface area contributed by atoms with E-state index in [1.165, 1.54) is 0 Å². The number of methoxy groups -OCH3 is 1. The van der Waals surface area contributed by atoms with Gasteiger partial charge in [0.05, 0.1) is 24.4 Å². The first-order chi connectivity index (χ1) is 6.81. The lowest BCUT2D eigenvalue weighted by atomic mass is 10.2. The fourth-order valence-corrected chi connectivity index (χ4v) is 1.17. The third kappa shape index (κ3) is 2.40. The topological polar surface area (TPSA) is 45.0 Å². The highest BCUT2D eigenvalue weighted by atomic mass is 16.5. The number of hydrogen-bond donors (Lipinski definition) is 1. The van der Waals surface area contributed by atoms with Crippen molar-refractivity contribution in [2.24, 2.45) is 0 Å². The molecule has 0 aromatic heterocycles. The Morgan fingerprint density at radius 2 is 2.29 bits per heavy atom. The molecule has 0 bridgehead atoms. The van der Waals surface area contributed by atoms with Crippen molar-refractivity contribution in [3.8, 4) is 11.8 Å². The molecule has 1 aromatic rings. The standard InChI is InChI=1S/C11H14N2O/c1-3-6-13-10-5-4-9(8-12)7-11(10)14-2/h4-5,7,13H,3,6H2,1-2H3. The van der Waals surface area contributed by atoms with Gasteiger partial charge in [0.1, 0.15) is 5.75 Å². The third-order valence-corrected chi connectivity index (χ3v) is 1.90. The summed E-state index contributed by atoms with van der Waals surface area (Å²) in [7, 11) is 1.60. The molecule has 3 nitrogen and oxygen atoms in total. The van der Waals surface area contributed by atoms with Crippen LogP contribution in [-0.2, 0) is 0 Å². The molecule has 0 radical (unpaired) electrons. The van der Waals surface area contributed by atoms with Crippen LogP contribution in [0.5, 0.6) is 5.75 Å². The first kappa shape index (κ1) is 10.4. The van der Waals surface area contributed by atoms with E-state index in [1.54, 1.807) is 19.2 Å². The highest BCUT2D eigenvalue weighted by Gasteiger charge is 2.02. The summed E-state index contributed by atoms with van der Waals surface area (Å²) in [6, 6.07) is 7.46. The van der Waals surface area contributed by atoms with Gasteiger partial charge in [0.15, 0.2) is 0 Å². The lowest BCUT2D eigenvalue weighted by molar-refractivity contribution is 0.416. The summed E-state index contributed by atoms with van der Waals surface area (Å²) in [4.78, 5) is 0. The molecule has 0 saturated carbocycles. The molecule has 1 N–H and O–H groups in total. The van der Waals surface area contributed by atoms with Crippen LogP contribution in [0, 0.1) is 11.3 Å². The second kappa shape index (κ2) is 5.13. The second-order valence-corrected chi connectivity index (χ2v) is 2.95. The Bertz CT molecular complexity index is 342. The van der Waals surface area contributed by atoms with Crippen LogP contribution in [0.25, 0.3) is 0 Å². The number of anilines is 1. The van der Waals surface area contributed by atoms with Gasteiger partial charge < -0.3 is 10.1 Å². The van der Waals surface area contributed by atoms with Gasteiger partial charge in [0.25, 0.3) is 0 Å². The molecule has 0 saturated heterocycles. The van der Waals surface area contributed by atoms with Crippen molar-refractivity contribution < 1.29 is 4.74 Å². The summed E-state index contributed by atoms with van der Waals surface area (Å²) in [5.74, 6) is 0.720. The van der Waals surface area contributed by atoms with Crippen molar-refractivity contribution in [3.63, 3.8) is 0 Å². The monoisotopic (exact) mass is 190 g/mol. The van der Waals surface area contributed by atoms with Crippen LogP contribution in [0.15, 0.2) is 18.2 Å². The highest BCUT2D eigenvalue weighted by molar-refractivity contribution is 5.59. The Morgan fingerprint density at radius 1 is 1.50 bits per heavy atom. The van der Waals surface area contributed by atoms with Crippen molar-refractivity contribution in [1.82, 2.24) is 0 Å². The maximum Gasteiger partial charge on any atom is 0.143 e. The maximum absolute atomic E-state index is 8.70. The van der Waals surface area contributed by atoms with Crippen LogP contribution in [0.4, 0.5) is 5.69 Å². The van der Waals surface area contributed by atoms with Gasteiger partial charge in [0.2, 0.25) is 0 Å². The highest BCUT2D eigenvalue weighted by Crippen LogP contribution is 2.24. The quantitative estimate of drug-likeness (QED) is 0.792. The van der Waals surface area contributed by atoms with Gasteiger partial charge in [0, 0.05) is 12.6 Å². The normalized spacial score (nSPS) is 9.21. The Labute approximate surface area is 84.3 Å². The maximum atomic E-state index is 8.70. The van der Waals surface area contributed by atoms with E-state index >= 15 is 0 Å². The summed E-state index contributed by atoms with van der Waals surface area (Å²) >= 11 is 0. The van der Waals surface area contributed by atoms with Crippen LogP contribution in [-0.4, -0.2) is 13.7 Å². The smallest absolute Gasteiger partial charge is 0.143 e. The lowest BCUT2D eigenvalue weighted by Crippen LogP contribution is -2.01. The Hall–Kier alpha value is -1.69. The molecule has 0 atom stereocenters. The Balaban J connectivity index is 2.89. The molecule has 0 heterocycles. The van der Waals surface area contributed by atoms with E-state index in [4.69, 9.17) is 10.00 Å². The molecular weight excluding hydrogens is 176 g/mol. The number of rotatable bonds is 4. The number of ether oxygens (including phenoxy) is 1. The van der Waals surface area contributed by atoms with Crippen LogP contribution in [0.3, 0.4) is 0 Å². The Kier molecular flexibility index (Phi) is 3.81. The zero-order valence-electron chi connectivity index (χ0n) is 8.50. The molecule has 74 valence electrons. The van der Waals surface area contributed by atoms with Crippen LogP contribution < -0.4 is 10.1 Å². The molecule has 0 aliphatic heterocycles. The van der Waals surface area contributed by atoms with E-state index in [-0.39, 0.29) is 0 Å². The predicted octanol–water partition coefficient (Wildman–Crippen LogP) is 2.39. The average molecular weight is 190 g/mol. The minimum Gasteiger partial charge on any atom is -0.495 e. The molecule has 3 heteroatoms. The fraction of sp³-hybridized carbons (Fsp3) is 0.364. The predicted molar refractivity (Wildman–Crippen MR) is 56.5 cm³/mol. The number of benzene rings is 1. The van der Waals surface area contributed by atoms with Gasteiger partial charge in [-0.25, -0.2) is 0 Å². The van der Waals surface area contributed by atoms with Crippen molar-refractivity contribution in [1.29, 1.82) is 5.26 Å². The fourth-order valence-electron chi connectivity index (χ4n) is 1.17. The molecule has 1 rings (SSSR count). The summed E-state index contributed by atoms with van der Waals surface area (Å²) in [6.45, 7) is 3.01. The van der Waals surface area contributed by atoms with Crippen molar-refractivity contribution in [2.45, 2.75) is 13.3 Å². The summed E-state index contributed by atoms with van der Waals surface area (Å²) in [5.41, 5.74) is 1.55. The molecule has 14 heavy (non-hydrogen) atoms. The summed E-state index contributed by atoms with van der Waals surface area (Å²) in [6.07, 6.45) is 1.06. The SMILES string of the molecule is CCCNc1ccc(C#N)cc1OC. The molecular formula is C11H14N2O. The summed E-state index contributed by atoms with van der Waals surface area (Å²) < 4.78 is 5.17. The number of hydrogen-bond acceptors (Lipinski definition) is 3. The second-order valence-electron chi connectivity index (χ2n) is 2.95. The van der Waals surface area contributed by atoms with E-state index < -0.39 is 0 Å². The molecule has 0 aliphatic rings. The van der Waals surface area contributed by atoms with Gasteiger partial charge in [-0.15, -0.1) is 0 Å². The van der Waals surface area contributed by atoms with Gasteiger partial charge in [-0.2, -0.15) is 5.26 Å². The minimum absolute atomic E-state index is 0.615. The van der Waals surface area contributed by atoms with E-state index in [2.05, 4.69) is 18.3 Å². The number of nitriles is 1. The Morgan fingerprint density at radius 3 is 2.86 bits per heavy atom. The van der Waals surface area contributed by atoms with E-state index in [0.717, 1.165) is 24.4 Å². The zero-order valence-corrected chi connectivity index (χ0v) is 8.50.